The van der Waals surface area contributed by atoms with Crippen LogP contribution in [0.15, 0.2) is 0 Å². The minimum atomic E-state index is -0.409. The minimum Gasteiger partial charge on any atom is -0.444 e. The Labute approximate surface area is 117 Å². The van der Waals surface area contributed by atoms with Gasteiger partial charge in [-0.2, -0.15) is 0 Å². The monoisotopic (exact) mass is 270 g/mol. The van der Waals surface area contributed by atoms with Gasteiger partial charge in [-0.3, -0.25) is 0 Å². The molecule has 0 bridgehead atoms. The maximum atomic E-state index is 11.9. The number of carbonyl (C=O) groups is 1. The molecule has 1 rings (SSSR count). The highest BCUT2D eigenvalue weighted by molar-refractivity contribution is 5.68. The first-order chi connectivity index (χ1) is 8.69. The van der Waals surface area contributed by atoms with Crippen molar-refractivity contribution in [2.45, 2.75) is 65.5 Å². The first kappa shape index (κ1) is 16.3. The number of nitrogens with zero attached hydrogens (tertiary/aromatic N) is 1. The molecule has 4 heteroatoms. The van der Waals surface area contributed by atoms with Crippen molar-refractivity contribution in [3.8, 4) is 0 Å². The summed E-state index contributed by atoms with van der Waals surface area (Å²) in [5.74, 6) is 1.18. The average Bonchev–Trinajstić information content (AvgIpc) is 2.27. The molecule has 1 atom stereocenters. The third-order valence-electron chi connectivity index (χ3n) is 3.73. The molecule has 0 aromatic carbocycles. The standard InChI is InChI=1S/C15H30N2O2/c1-11(2)13(16)10-12-6-8-17(9-7-12)14(18)19-15(3,4)5/h11-13H,6-10,16H2,1-5H3. The van der Waals surface area contributed by atoms with Gasteiger partial charge < -0.3 is 15.4 Å². The Morgan fingerprint density at radius 3 is 2.26 bits per heavy atom. The largest absolute Gasteiger partial charge is 0.444 e. The third-order valence-corrected chi connectivity index (χ3v) is 3.73. The van der Waals surface area contributed by atoms with Gasteiger partial charge in [-0.25, -0.2) is 4.79 Å². The average molecular weight is 270 g/mol. The van der Waals surface area contributed by atoms with Crippen molar-refractivity contribution in [2.24, 2.45) is 17.6 Å². The number of carbonyl (C=O) groups excluding carboxylic acids is 1. The summed E-state index contributed by atoms with van der Waals surface area (Å²) < 4.78 is 5.39. The van der Waals surface area contributed by atoms with E-state index in [0.717, 1.165) is 32.4 Å². The lowest BCUT2D eigenvalue weighted by Gasteiger charge is -2.34. The highest BCUT2D eigenvalue weighted by Gasteiger charge is 2.27. The molecule has 0 aliphatic carbocycles. The second-order valence-corrected chi connectivity index (χ2v) is 7.05. The summed E-state index contributed by atoms with van der Waals surface area (Å²) in [7, 11) is 0. The van der Waals surface area contributed by atoms with Crippen molar-refractivity contribution in [3.05, 3.63) is 0 Å². The molecule has 1 saturated heterocycles. The van der Waals surface area contributed by atoms with Crippen molar-refractivity contribution in [3.63, 3.8) is 0 Å². The maximum Gasteiger partial charge on any atom is 0.410 e. The highest BCUT2D eigenvalue weighted by atomic mass is 16.6. The van der Waals surface area contributed by atoms with E-state index in [2.05, 4.69) is 13.8 Å². The van der Waals surface area contributed by atoms with Gasteiger partial charge in [0.1, 0.15) is 5.60 Å². The molecule has 2 N–H and O–H groups in total. The molecule has 1 aliphatic heterocycles. The lowest BCUT2D eigenvalue weighted by molar-refractivity contribution is 0.0177. The smallest absolute Gasteiger partial charge is 0.410 e. The van der Waals surface area contributed by atoms with Gasteiger partial charge in [0.2, 0.25) is 0 Å². The zero-order valence-corrected chi connectivity index (χ0v) is 13.1. The number of nitrogens with two attached hydrogens (primary N) is 1. The Morgan fingerprint density at radius 1 is 1.32 bits per heavy atom. The second-order valence-electron chi connectivity index (χ2n) is 7.05. The first-order valence-electron chi connectivity index (χ1n) is 7.42. The van der Waals surface area contributed by atoms with E-state index in [1.165, 1.54) is 0 Å². The molecule has 0 aromatic rings. The quantitative estimate of drug-likeness (QED) is 0.857. The molecule has 4 nitrogen and oxygen atoms in total. The van der Waals surface area contributed by atoms with Crippen LogP contribution in [0.3, 0.4) is 0 Å². The number of amides is 1. The van der Waals surface area contributed by atoms with Crippen LogP contribution in [-0.4, -0.2) is 35.7 Å². The Hall–Kier alpha value is -0.770. The molecule has 1 fully saturated rings. The molecule has 0 aromatic heterocycles. The fourth-order valence-electron chi connectivity index (χ4n) is 2.33. The van der Waals surface area contributed by atoms with Gasteiger partial charge in [-0.1, -0.05) is 13.8 Å². The lowest BCUT2D eigenvalue weighted by atomic mass is 9.87. The summed E-state index contributed by atoms with van der Waals surface area (Å²) >= 11 is 0. The summed E-state index contributed by atoms with van der Waals surface area (Å²) in [6.45, 7) is 11.6. The van der Waals surface area contributed by atoms with Gasteiger partial charge in [0.05, 0.1) is 0 Å². The van der Waals surface area contributed by atoms with Crippen LogP contribution in [-0.2, 0) is 4.74 Å². The van der Waals surface area contributed by atoms with Crippen molar-refractivity contribution in [2.75, 3.05) is 13.1 Å². The predicted octanol–water partition coefficient (Wildman–Crippen LogP) is 3.01. The predicted molar refractivity (Wildman–Crippen MR) is 78.0 cm³/mol. The van der Waals surface area contributed by atoms with Crippen molar-refractivity contribution in [1.29, 1.82) is 0 Å². The van der Waals surface area contributed by atoms with E-state index in [9.17, 15) is 4.79 Å². The van der Waals surface area contributed by atoms with Crippen LogP contribution in [0.25, 0.3) is 0 Å². The van der Waals surface area contributed by atoms with Crippen molar-refractivity contribution in [1.82, 2.24) is 4.90 Å². The van der Waals surface area contributed by atoms with Gasteiger partial charge >= 0.3 is 6.09 Å². The van der Waals surface area contributed by atoms with E-state index in [1.807, 2.05) is 25.7 Å². The summed E-state index contributed by atoms with van der Waals surface area (Å²) in [6.07, 6.45) is 2.97. The van der Waals surface area contributed by atoms with Crippen LogP contribution in [0.4, 0.5) is 4.79 Å². The van der Waals surface area contributed by atoms with Crippen LogP contribution in [0.1, 0.15) is 53.9 Å². The van der Waals surface area contributed by atoms with Gasteiger partial charge in [0.15, 0.2) is 0 Å². The molecule has 1 amide bonds. The van der Waals surface area contributed by atoms with Crippen LogP contribution in [0.5, 0.6) is 0 Å². The Bertz CT molecular complexity index is 289. The third kappa shape index (κ3) is 5.81. The van der Waals surface area contributed by atoms with Crippen molar-refractivity contribution < 1.29 is 9.53 Å². The molecule has 19 heavy (non-hydrogen) atoms. The molecular weight excluding hydrogens is 240 g/mol. The van der Waals surface area contributed by atoms with Crippen LogP contribution >= 0.6 is 0 Å². The molecular formula is C15H30N2O2. The SMILES string of the molecule is CC(C)C(N)CC1CCN(C(=O)OC(C)(C)C)CC1. The summed E-state index contributed by atoms with van der Waals surface area (Å²) in [5.41, 5.74) is 5.71. The van der Waals surface area contributed by atoms with Crippen LogP contribution < -0.4 is 5.73 Å². The highest BCUT2D eigenvalue weighted by Crippen LogP contribution is 2.24. The topological polar surface area (TPSA) is 55.6 Å². The fourth-order valence-corrected chi connectivity index (χ4v) is 2.33. The number of likely N-dealkylation sites (tertiary alicyclic amines) is 1. The Morgan fingerprint density at radius 2 is 1.84 bits per heavy atom. The fraction of sp³-hybridized carbons (Fsp3) is 0.933. The molecule has 0 saturated carbocycles. The van der Waals surface area contributed by atoms with Gasteiger partial charge in [-0.15, -0.1) is 0 Å². The number of rotatable bonds is 3. The van der Waals surface area contributed by atoms with Crippen LogP contribution in [0, 0.1) is 11.8 Å². The van der Waals surface area contributed by atoms with E-state index >= 15 is 0 Å². The summed E-state index contributed by atoms with van der Waals surface area (Å²) in [5, 5.41) is 0. The Balaban J connectivity index is 2.35. The van der Waals surface area contributed by atoms with Gasteiger partial charge in [0.25, 0.3) is 0 Å². The lowest BCUT2D eigenvalue weighted by Crippen LogP contribution is -2.42. The first-order valence-corrected chi connectivity index (χ1v) is 7.42. The molecule has 112 valence electrons. The van der Waals surface area contributed by atoms with Gasteiger partial charge in [-0.05, 0) is 51.9 Å². The van der Waals surface area contributed by atoms with Gasteiger partial charge in [0, 0.05) is 19.1 Å². The summed E-state index contributed by atoms with van der Waals surface area (Å²) in [6, 6.07) is 0.276. The van der Waals surface area contributed by atoms with E-state index in [-0.39, 0.29) is 12.1 Å². The number of piperidine rings is 1. The molecule has 0 spiro atoms. The number of hydrogen-bond donors (Lipinski definition) is 1. The zero-order chi connectivity index (χ0) is 14.6. The van der Waals surface area contributed by atoms with E-state index in [4.69, 9.17) is 10.5 Å². The number of ether oxygens (including phenoxy) is 1. The van der Waals surface area contributed by atoms with Crippen molar-refractivity contribution >= 4 is 6.09 Å². The molecule has 1 aliphatic rings. The van der Waals surface area contributed by atoms with Crippen LogP contribution in [0.2, 0.25) is 0 Å². The number of hydrogen-bond acceptors (Lipinski definition) is 3. The molecule has 0 radical (unpaired) electrons. The van der Waals surface area contributed by atoms with E-state index in [0.29, 0.717) is 11.8 Å². The Kier molecular flexibility index (Phi) is 5.65. The van der Waals surface area contributed by atoms with E-state index in [1.54, 1.807) is 0 Å². The molecule has 1 unspecified atom stereocenters. The summed E-state index contributed by atoms with van der Waals surface area (Å²) in [4.78, 5) is 13.8. The zero-order valence-electron chi connectivity index (χ0n) is 13.1. The minimum absolute atomic E-state index is 0.181. The second kappa shape index (κ2) is 6.60. The van der Waals surface area contributed by atoms with E-state index < -0.39 is 5.60 Å². The maximum absolute atomic E-state index is 11.9. The normalized spacial score (nSPS) is 19.6. The molecule has 1 heterocycles.